The number of nitrogens with zero attached hydrogens (tertiary/aromatic N) is 1. The Morgan fingerprint density at radius 2 is 1.81 bits per heavy atom. The highest BCUT2D eigenvalue weighted by Crippen LogP contribution is 2.18. The number of nitrogens with one attached hydrogen (secondary N) is 1. The fraction of sp³-hybridized carbons (Fsp3) is 0.211. The van der Waals surface area contributed by atoms with Crippen molar-refractivity contribution in [2.24, 2.45) is 0 Å². The molecule has 134 valence electrons. The Bertz CT molecular complexity index is 1050. The highest BCUT2D eigenvalue weighted by atomic mass is 16.5. The Kier molecular flexibility index (Phi) is 5.17. The van der Waals surface area contributed by atoms with Crippen molar-refractivity contribution in [1.29, 1.82) is 0 Å². The fourth-order valence-electron chi connectivity index (χ4n) is 2.72. The number of hydrogen-bond acceptors (Lipinski definition) is 5. The van der Waals surface area contributed by atoms with Crippen LogP contribution < -0.4 is 15.9 Å². The van der Waals surface area contributed by atoms with E-state index in [2.05, 4.69) is 4.98 Å². The SMILES string of the molecule is COc1ccccc1C(=O)OCCCn1c(=O)c(=O)[nH]c2ccccc21. The number of methoxy groups -OCH3 is 1. The van der Waals surface area contributed by atoms with Crippen LogP contribution in [-0.4, -0.2) is 29.2 Å². The van der Waals surface area contributed by atoms with Crippen LogP contribution in [0, 0.1) is 0 Å². The van der Waals surface area contributed by atoms with Gasteiger partial charge in [0.15, 0.2) is 0 Å². The summed E-state index contributed by atoms with van der Waals surface area (Å²) < 4.78 is 11.8. The van der Waals surface area contributed by atoms with Gasteiger partial charge in [-0.05, 0) is 30.7 Å². The lowest BCUT2D eigenvalue weighted by Crippen LogP contribution is -2.36. The quantitative estimate of drug-likeness (QED) is 0.415. The van der Waals surface area contributed by atoms with Gasteiger partial charge in [0.1, 0.15) is 11.3 Å². The standard InChI is InChI=1S/C19H18N2O5/c1-25-16-10-5-2-7-13(16)19(24)26-12-6-11-21-15-9-4-3-8-14(15)20-17(22)18(21)23/h2-5,7-10H,6,11-12H2,1H3,(H,20,22). The number of aromatic nitrogens is 2. The Morgan fingerprint density at radius 1 is 1.08 bits per heavy atom. The molecule has 0 unspecified atom stereocenters. The number of fused-ring (bicyclic) bond motifs is 1. The summed E-state index contributed by atoms with van der Waals surface area (Å²) in [6.45, 7) is 0.382. The number of benzene rings is 2. The maximum atomic E-state index is 12.1. The van der Waals surface area contributed by atoms with Crippen LogP contribution in [0.4, 0.5) is 0 Å². The van der Waals surface area contributed by atoms with Gasteiger partial charge in [-0.15, -0.1) is 0 Å². The third-order valence-electron chi connectivity index (χ3n) is 3.97. The summed E-state index contributed by atoms with van der Waals surface area (Å²) in [4.78, 5) is 38.6. The van der Waals surface area contributed by atoms with E-state index in [0.717, 1.165) is 0 Å². The minimum atomic E-state index is -0.672. The molecule has 0 saturated heterocycles. The van der Waals surface area contributed by atoms with Crippen molar-refractivity contribution >= 4 is 17.0 Å². The lowest BCUT2D eigenvalue weighted by Gasteiger charge is -2.11. The van der Waals surface area contributed by atoms with E-state index in [-0.39, 0.29) is 13.2 Å². The smallest absolute Gasteiger partial charge is 0.341 e. The van der Waals surface area contributed by atoms with Crippen LogP contribution in [0.1, 0.15) is 16.8 Å². The number of H-pyrrole nitrogens is 1. The second-order valence-electron chi connectivity index (χ2n) is 5.62. The first kappa shape index (κ1) is 17.5. The molecule has 0 aliphatic heterocycles. The molecule has 1 aromatic heterocycles. The van der Waals surface area contributed by atoms with Gasteiger partial charge in [-0.3, -0.25) is 9.59 Å². The number of ether oxygens (including phenoxy) is 2. The van der Waals surface area contributed by atoms with Crippen molar-refractivity contribution in [3.05, 3.63) is 74.8 Å². The summed E-state index contributed by atoms with van der Waals surface area (Å²) in [5, 5.41) is 0. The zero-order valence-electron chi connectivity index (χ0n) is 14.2. The largest absolute Gasteiger partial charge is 0.496 e. The summed E-state index contributed by atoms with van der Waals surface area (Å²) in [7, 11) is 1.48. The molecule has 7 nitrogen and oxygen atoms in total. The summed E-state index contributed by atoms with van der Waals surface area (Å²) in [5.41, 5.74) is 0.263. The minimum absolute atomic E-state index is 0.116. The molecule has 0 atom stereocenters. The van der Waals surface area contributed by atoms with Gasteiger partial charge in [-0.1, -0.05) is 24.3 Å². The molecule has 0 spiro atoms. The molecular weight excluding hydrogens is 336 g/mol. The number of esters is 1. The van der Waals surface area contributed by atoms with Crippen LogP contribution >= 0.6 is 0 Å². The number of hydrogen-bond donors (Lipinski definition) is 1. The topological polar surface area (TPSA) is 90.4 Å². The third-order valence-corrected chi connectivity index (χ3v) is 3.97. The molecule has 0 amide bonds. The predicted molar refractivity (Wildman–Crippen MR) is 96.7 cm³/mol. The number of carbonyl (C=O) groups excluding carboxylic acids is 1. The summed E-state index contributed by atoms with van der Waals surface area (Å²) in [6.07, 6.45) is 0.397. The van der Waals surface area contributed by atoms with Crippen LogP contribution in [0.5, 0.6) is 5.75 Å². The highest BCUT2D eigenvalue weighted by molar-refractivity contribution is 5.92. The second kappa shape index (κ2) is 7.69. The van der Waals surface area contributed by atoms with Crippen molar-refractivity contribution in [2.45, 2.75) is 13.0 Å². The lowest BCUT2D eigenvalue weighted by atomic mass is 10.2. The number of para-hydroxylation sites is 3. The third kappa shape index (κ3) is 3.51. The first-order valence-corrected chi connectivity index (χ1v) is 8.14. The number of rotatable bonds is 6. The Labute approximate surface area is 148 Å². The van der Waals surface area contributed by atoms with E-state index in [1.165, 1.54) is 11.7 Å². The first-order chi connectivity index (χ1) is 12.6. The van der Waals surface area contributed by atoms with E-state index in [4.69, 9.17) is 9.47 Å². The molecular formula is C19H18N2O5. The van der Waals surface area contributed by atoms with Gasteiger partial charge in [0.05, 0.1) is 24.8 Å². The van der Waals surface area contributed by atoms with Crippen LogP contribution in [-0.2, 0) is 11.3 Å². The zero-order chi connectivity index (χ0) is 18.5. The number of aryl methyl sites for hydroxylation is 1. The van der Waals surface area contributed by atoms with Crippen LogP contribution in [0.2, 0.25) is 0 Å². The van der Waals surface area contributed by atoms with Crippen molar-refractivity contribution < 1.29 is 14.3 Å². The molecule has 26 heavy (non-hydrogen) atoms. The lowest BCUT2D eigenvalue weighted by molar-refractivity contribution is 0.0492. The maximum Gasteiger partial charge on any atom is 0.341 e. The maximum absolute atomic E-state index is 12.1. The molecule has 0 bridgehead atoms. The molecule has 2 aromatic carbocycles. The summed E-state index contributed by atoms with van der Waals surface area (Å²) in [6, 6.07) is 13.8. The normalized spacial score (nSPS) is 10.7. The van der Waals surface area contributed by atoms with Crippen molar-refractivity contribution in [2.75, 3.05) is 13.7 Å². The Hall–Kier alpha value is -3.35. The molecule has 0 aliphatic carbocycles. The average Bonchev–Trinajstić information content (AvgIpc) is 2.67. The molecule has 1 heterocycles. The van der Waals surface area contributed by atoms with E-state index in [1.807, 2.05) is 0 Å². The van der Waals surface area contributed by atoms with E-state index in [9.17, 15) is 14.4 Å². The second-order valence-corrected chi connectivity index (χ2v) is 5.62. The van der Waals surface area contributed by atoms with Crippen molar-refractivity contribution in [3.63, 3.8) is 0 Å². The van der Waals surface area contributed by atoms with Gasteiger partial charge in [0.2, 0.25) is 0 Å². The van der Waals surface area contributed by atoms with Crippen LogP contribution in [0.3, 0.4) is 0 Å². The molecule has 3 aromatic rings. The van der Waals surface area contributed by atoms with Gasteiger partial charge in [0.25, 0.3) is 0 Å². The summed E-state index contributed by atoms with van der Waals surface area (Å²) >= 11 is 0. The Morgan fingerprint density at radius 3 is 2.62 bits per heavy atom. The summed E-state index contributed by atoms with van der Waals surface area (Å²) in [5.74, 6) is -0.0557. The van der Waals surface area contributed by atoms with Gasteiger partial charge >= 0.3 is 17.1 Å². The minimum Gasteiger partial charge on any atom is -0.496 e. The molecule has 1 N–H and O–H groups in total. The molecule has 3 rings (SSSR count). The van der Waals surface area contributed by atoms with Crippen LogP contribution in [0.25, 0.3) is 11.0 Å². The van der Waals surface area contributed by atoms with Gasteiger partial charge in [-0.2, -0.15) is 0 Å². The van der Waals surface area contributed by atoms with Gasteiger partial charge in [-0.25, -0.2) is 4.79 Å². The van der Waals surface area contributed by atoms with Crippen molar-refractivity contribution in [1.82, 2.24) is 9.55 Å². The number of carbonyl (C=O) groups is 1. The van der Waals surface area contributed by atoms with E-state index in [0.29, 0.717) is 28.8 Å². The van der Waals surface area contributed by atoms with E-state index >= 15 is 0 Å². The van der Waals surface area contributed by atoms with Crippen molar-refractivity contribution in [3.8, 4) is 5.75 Å². The van der Waals surface area contributed by atoms with E-state index < -0.39 is 17.1 Å². The van der Waals surface area contributed by atoms with E-state index in [1.54, 1.807) is 48.5 Å². The zero-order valence-corrected chi connectivity index (χ0v) is 14.2. The van der Waals surface area contributed by atoms with Gasteiger partial charge in [0, 0.05) is 6.54 Å². The highest BCUT2D eigenvalue weighted by Gasteiger charge is 2.13. The molecule has 0 saturated carbocycles. The van der Waals surface area contributed by atoms with Gasteiger partial charge < -0.3 is 19.0 Å². The predicted octanol–water partition coefficient (Wildman–Crippen LogP) is 1.95. The monoisotopic (exact) mass is 354 g/mol. The average molecular weight is 354 g/mol. The first-order valence-electron chi connectivity index (χ1n) is 8.14. The molecule has 0 aliphatic rings. The molecule has 0 fully saturated rings. The fourth-order valence-corrected chi connectivity index (χ4v) is 2.72. The number of aromatic amines is 1. The van der Waals surface area contributed by atoms with Crippen LogP contribution in [0.15, 0.2) is 58.1 Å². The molecule has 7 heteroatoms. The Balaban J connectivity index is 1.68. The molecule has 0 radical (unpaired) electrons.